The molecule has 4 aliphatic rings. The largest absolute Gasteiger partial charge is 0.508 e. The molecule has 0 aromatic heterocycles. The fourth-order valence-electron chi connectivity index (χ4n) is 9.91. The number of ether oxygens (including phenoxy) is 4. The number of phenolic OH excluding ortho intramolecular Hbond substituents is 1. The average Bonchev–Trinajstić information content (AvgIpc) is 3.46. The topological polar surface area (TPSA) is 130 Å². The first-order valence-electron chi connectivity index (χ1n) is 22.9. The number of hydrogen-bond acceptors (Lipinski definition) is 10. The highest BCUT2D eigenvalue weighted by molar-refractivity contribution is 6.05. The number of piperidine rings is 1. The Balaban J connectivity index is 0.806. The number of unbranched alkanes of at least 4 members (excludes halogenated alkanes) is 1. The van der Waals surface area contributed by atoms with Gasteiger partial charge in [0.15, 0.2) is 0 Å². The van der Waals surface area contributed by atoms with E-state index in [0.29, 0.717) is 62.4 Å². The lowest BCUT2D eigenvalue weighted by molar-refractivity contribution is -0.136. The number of rotatable bonds is 19. The van der Waals surface area contributed by atoms with E-state index < -0.39 is 11.9 Å². The van der Waals surface area contributed by atoms with Crippen LogP contribution in [0.4, 0.5) is 0 Å². The Morgan fingerprint density at radius 1 is 0.746 bits per heavy atom. The summed E-state index contributed by atoms with van der Waals surface area (Å²) >= 11 is 0. The minimum atomic E-state index is -0.681. The van der Waals surface area contributed by atoms with Gasteiger partial charge < -0.3 is 38.8 Å². The molecule has 63 heavy (non-hydrogen) atoms. The lowest BCUT2D eigenvalue weighted by Gasteiger charge is -2.34. The fraction of sp³-hybridized carbons (Fsp3) is 0.471. The number of aromatic hydroxyl groups is 1. The van der Waals surface area contributed by atoms with E-state index in [1.54, 1.807) is 12.0 Å². The Morgan fingerprint density at radius 2 is 1.54 bits per heavy atom. The molecule has 1 aliphatic carbocycles. The molecule has 0 radical (unpaired) electrons. The molecule has 3 amide bonds. The lowest BCUT2D eigenvalue weighted by Crippen LogP contribution is -2.52. The summed E-state index contributed by atoms with van der Waals surface area (Å²) in [4.78, 5) is 44.8. The van der Waals surface area contributed by atoms with Gasteiger partial charge in [-0.25, -0.2) is 0 Å². The van der Waals surface area contributed by atoms with Crippen molar-refractivity contribution >= 4 is 17.7 Å². The van der Waals surface area contributed by atoms with Gasteiger partial charge in [-0.2, -0.15) is 0 Å². The van der Waals surface area contributed by atoms with Crippen molar-refractivity contribution in [3.63, 3.8) is 0 Å². The Hall–Kier alpha value is -5.27. The quantitative estimate of drug-likeness (QED) is 0.0801. The van der Waals surface area contributed by atoms with Crippen LogP contribution in [0.5, 0.6) is 17.2 Å². The van der Waals surface area contributed by atoms with Crippen molar-refractivity contribution in [2.24, 2.45) is 0 Å². The molecule has 4 aromatic carbocycles. The van der Waals surface area contributed by atoms with Gasteiger partial charge >= 0.3 is 0 Å². The Bertz CT molecular complexity index is 2180. The number of phenols is 1. The molecule has 2 saturated heterocycles. The van der Waals surface area contributed by atoms with E-state index >= 15 is 0 Å². The van der Waals surface area contributed by atoms with Crippen molar-refractivity contribution in [3.8, 4) is 17.2 Å². The second kappa shape index (κ2) is 21.4. The van der Waals surface area contributed by atoms with Crippen LogP contribution in [-0.4, -0.2) is 123 Å². The van der Waals surface area contributed by atoms with Crippen molar-refractivity contribution < 1.29 is 38.4 Å². The van der Waals surface area contributed by atoms with E-state index in [9.17, 15) is 19.5 Å². The summed E-state index contributed by atoms with van der Waals surface area (Å²) in [6.45, 7) is 8.63. The number of nitrogens with zero attached hydrogens (tertiary/aromatic N) is 3. The summed E-state index contributed by atoms with van der Waals surface area (Å²) in [6, 6.07) is 28.5. The van der Waals surface area contributed by atoms with Crippen LogP contribution in [0.2, 0.25) is 0 Å². The summed E-state index contributed by atoms with van der Waals surface area (Å²) in [7, 11) is 1.64. The predicted molar refractivity (Wildman–Crippen MR) is 241 cm³/mol. The van der Waals surface area contributed by atoms with Crippen LogP contribution in [0.15, 0.2) is 84.9 Å². The molecule has 12 heteroatoms. The third-order valence-electron chi connectivity index (χ3n) is 13.2. The molecule has 2 fully saturated rings. The zero-order valence-electron chi connectivity index (χ0n) is 36.6. The van der Waals surface area contributed by atoms with E-state index in [2.05, 4.69) is 75.8 Å². The molecular formula is C51H62N4O8. The summed E-state index contributed by atoms with van der Waals surface area (Å²) in [5.74, 6) is 1.59. The van der Waals surface area contributed by atoms with E-state index in [4.69, 9.17) is 18.9 Å². The first-order chi connectivity index (χ1) is 30.9. The van der Waals surface area contributed by atoms with Crippen molar-refractivity contribution in [3.05, 3.63) is 124 Å². The van der Waals surface area contributed by atoms with Crippen LogP contribution in [0.25, 0.3) is 0 Å². The second-order valence-corrected chi connectivity index (χ2v) is 17.3. The van der Waals surface area contributed by atoms with Crippen molar-refractivity contribution in [2.75, 3.05) is 79.4 Å². The summed E-state index contributed by atoms with van der Waals surface area (Å²) in [5, 5.41) is 12.6. The molecule has 0 saturated carbocycles. The van der Waals surface area contributed by atoms with Crippen LogP contribution in [0, 0.1) is 0 Å². The summed E-state index contributed by atoms with van der Waals surface area (Å²) < 4.78 is 23.4. The molecule has 0 bridgehead atoms. The van der Waals surface area contributed by atoms with Gasteiger partial charge in [0, 0.05) is 50.2 Å². The van der Waals surface area contributed by atoms with Gasteiger partial charge in [0.05, 0.1) is 33.0 Å². The highest BCUT2D eigenvalue weighted by Crippen LogP contribution is 2.47. The summed E-state index contributed by atoms with van der Waals surface area (Å²) in [5.41, 5.74) is 7.55. The molecule has 3 atom stereocenters. The predicted octanol–water partition coefficient (Wildman–Crippen LogP) is 6.47. The Kier molecular flexibility index (Phi) is 15.1. The van der Waals surface area contributed by atoms with E-state index in [-0.39, 0.29) is 30.7 Å². The monoisotopic (exact) mass is 858 g/mol. The van der Waals surface area contributed by atoms with Crippen molar-refractivity contribution in [1.82, 2.24) is 20.0 Å². The third-order valence-corrected chi connectivity index (χ3v) is 13.2. The number of methoxy groups -OCH3 is 1. The number of hydrogen-bond donors (Lipinski definition) is 2. The molecule has 0 spiro atoms. The van der Waals surface area contributed by atoms with Gasteiger partial charge in [0.25, 0.3) is 5.91 Å². The molecule has 2 N–H and O–H groups in total. The number of aryl methyl sites for hydroxylation is 1. The summed E-state index contributed by atoms with van der Waals surface area (Å²) in [6.07, 6.45) is 6.45. The van der Waals surface area contributed by atoms with Crippen molar-refractivity contribution in [2.45, 2.75) is 75.8 Å². The molecular weight excluding hydrogens is 797 g/mol. The second-order valence-electron chi connectivity index (χ2n) is 17.3. The molecule has 8 rings (SSSR count). The van der Waals surface area contributed by atoms with E-state index in [0.717, 1.165) is 94.7 Å². The standard InChI is InChI=1S/C51H62N4O8/c1-60-30-31-61-32-33-63-49-38(12-18-44-45(49)35-55(51(44)59)46-20-21-47(57)52-50(46)58)22-26-54-25-7-24-53(27-28-54)23-5-6-29-62-41-15-10-37(11-16-41)48-42(36-8-3-2-4-9-36)17-13-39-34-40(56)14-19-43(39)48/h2-4,8-12,14-16,18-19,34,42,46,48,56H,5-7,13,17,20-33,35H2,1H3,(H,52,57,58)/t42-,46+,48+/m1/s1. The van der Waals surface area contributed by atoms with Crippen LogP contribution in [0.3, 0.4) is 0 Å². The number of carbonyl (C=O) groups excluding carboxylic acids is 3. The molecule has 12 nitrogen and oxygen atoms in total. The van der Waals surface area contributed by atoms with Crippen molar-refractivity contribution in [1.29, 1.82) is 0 Å². The third kappa shape index (κ3) is 10.9. The average molecular weight is 859 g/mol. The molecule has 4 aromatic rings. The molecule has 0 unspecified atom stereocenters. The van der Waals surface area contributed by atoms with Gasteiger partial charge in [-0.15, -0.1) is 0 Å². The Morgan fingerprint density at radius 3 is 2.33 bits per heavy atom. The fourth-order valence-corrected chi connectivity index (χ4v) is 9.91. The van der Waals surface area contributed by atoms with Crippen LogP contribution < -0.4 is 14.8 Å². The number of nitrogens with one attached hydrogen (secondary N) is 1. The van der Waals surface area contributed by atoms with Gasteiger partial charge in [0.2, 0.25) is 11.8 Å². The minimum Gasteiger partial charge on any atom is -0.508 e. The smallest absolute Gasteiger partial charge is 0.255 e. The SMILES string of the molecule is COCCOCCOc1c(CCN2CCCN(CCCCOc3ccc([C@@H]4c5ccc(O)cc5CC[C@@H]4c4ccccc4)cc3)CC2)ccc2c1CN([C@H]1CCC(=O)NC1=O)C2=O. The van der Waals surface area contributed by atoms with E-state index in [1.807, 2.05) is 24.3 Å². The highest BCUT2D eigenvalue weighted by atomic mass is 16.5. The highest BCUT2D eigenvalue weighted by Gasteiger charge is 2.41. The first-order valence-corrected chi connectivity index (χ1v) is 22.9. The molecule has 3 aliphatic heterocycles. The maximum Gasteiger partial charge on any atom is 0.255 e. The van der Waals surface area contributed by atoms with Gasteiger partial charge in [-0.05, 0) is 129 Å². The maximum atomic E-state index is 13.6. The number of amides is 3. The zero-order valence-corrected chi connectivity index (χ0v) is 36.6. The maximum absolute atomic E-state index is 13.6. The van der Waals surface area contributed by atoms with E-state index in [1.165, 1.54) is 22.3 Å². The minimum absolute atomic E-state index is 0.206. The zero-order chi connectivity index (χ0) is 43.5. The Labute approximate surface area is 371 Å². The number of imide groups is 1. The normalized spacial score (nSPS) is 20.6. The first kappa shape index (κ1) is 44.3. The van der Waals surface area contributed by atoms with Crippen LogP contribution in [0.1, 0.15) is 94.1 Å². The number of benzene rings is 4. The number of fused-ring (bicyclic) bond motifs is 2. The van der Waals surface area contributed by atoms with Gasteiger partial charge in [0.1, 0.15) is 29.9 Å². The lowest BCUT2D eigenvalue weighted by atomic mass is 9.69. The molecule has 334 valence electrons. The van der Waals surface area contributed by atoms with Gasteiger partial charge in [-0.3, -0.25) is 19.7 Å². The molecule has 3 heterocycles. The van der Waals surface area contributed by atoms with Gasteiger partial charge in [-0.1, -0.05) is 54.6 Å². The van der Waals surface area contributed by atoms with Crippen LogP contribution in [-0.2, 0) is 38.4 Å². The van der Waals surface area contributed by atoms with Crippen LogP contribution >= 0.6 is 0 Å². The number of carbonyl (C=O) groups is 3.